The minimum Gasteiger partial charge on any atom is -0.338 e. The summed E-state index contributed by atoms with van der Waals surface area (Å²) in [5.74, 6) is 0.337. The maximum Gasteiger partial charge on any atom is 0.261 e. The van der Waals surface area contributed by atoms with E-state index in [1.54, 1.807) is 42.5 Å². The van der Waals surface area contributed by atoms with E-state index in [2.05, 4.69) is 19.8 Å². The summed E-state index contributed by atoms with van der Waals surface area (Å²) < 4.78 is 33.3. The molecule has 1 N–H and O–H groups in total. The fourth-order valence-corrected chi connectivity index (χ4v) is 3.63. The van der Waals surface area contributed by atoms with Crippen molar-refractivity contribution in [2.75, 3.05) is 0 Å². The fraction of sp³-hybridized carbons (Fsp3) is 0.111. The largest absolute Gasteiger partial charge is 0.338 e. The zero-order valence-corrected chi connectivity index (χ0v) is 15.3. The highest BCUT2D eigenvalue weighted by atomic mass is 32.2. The first-order chi connectivity index (χ1) is 13.5. The summed E-state index contributed by atoms with van der Waals surface area (Å²) in [4.78, 5) is 21.0. The number of hydrogen-bond donors (Lipinski definition) is 1. The second kappa shape index (κ2) is 7.33. The summed E-state index contributed by atoms with van der Waals surface area (Å²) in [6.07, 6.45) is 1.42. The maximum atomic E-state index is 12.5. The number of fused-ring (bicyclic) bond motifs is 1. The Morgan fingerprint density at radius 1 is 1.04 bits per heavy atom. The molecule has 0 amide bonds. The predicted octanol–water partition coefficient (Wildman–Crippen LogP) is 1.31. The molecule has 0 atom stereocenters. The van der Waals surface area contributed by atoms with Crippen molar-refractivity contribution in [3.8, 4) is 0 Å². The molecule has 2 aromatic carbocycles. The number of aromatic nitrogens is 4. The summed E-state index contributed by atoms with van der Waals surface area (Å²) in [5, 5.41) is 4.29. The Labute approximate surface area is 159 Å². The Kier molecular flexibility index (Phi) is 4.72. The average Bonchev–Trinajstić information content (AvgIpc) is 3.17. The van der Waals surface area contributed by atoms with Crippen LogP contribution < -0.4 is 10.3 Å². The number of nitrogens with one attached hydrogen (secondary N) is 1. The van der Waals surface area contributed by atoms with Gasteiger partial charge >= 0.3 is 0 Å². The van der Waals surface area contributed by atoms with Crippen molar-refractivity contribution in [2.45, 2.75) is 18.0 Å². The molecule has 10 heteroatoms. The van der Waals surface area contributed by atoms with Crippen molar-refractivity contribution in [3.05, 3.63) is 83.0 Å². The van der Waals surface area contributed by atoms with Crippen molar-refractivity contribution in [2.24, 2.45) is 0 Å². The molecule has 0 saturated heterocycles. The lowest BCUT2D eigenvalue weighted by molar-refractivity contribution is 0.369. The van der Waals surface area contributed by atoms with E-state index in [-0.39, 0.29) is 35.3 Å². The van der Waals surface area contributed by atoms with Crippen LogP contribution in [-0.4, -0.2) is 28.1 Å². The van der Waals surface area contributed by atoms with Crippen LogP contribution in [0.3, 0.4) is 0 Å². The van der Waals surface area contributed by atoms with Gasteiger partial charge in [0.25, 0.3) is 5.56 Å². The number of sulfonamides is 1. The van der Waals surface area contributed by atoms with Gasteiger partial charge in [-0.2, -0.15) is 4.98 Å². The summed E-state index contributed by atoms with van der Waals surface area (Å²) in [5.41, 5.74) is 0.384. The normalized spacial score (nSPS) is 11.7. The lowest BCUT2D eigenvalue weighted by Crippen LogP contribution is -2.23. The lowest BCUT2D eigenvalue weighted by Gasteiger charge is -2.04. The minimum atomic E-state index is -3.68. The number of rotatable bonds is 6. The number of para-hydroxylation sites is 1. The molecule has 0 aliphatic heterocycles. The molecule has 4 rings (SSSR count). The SMILES string of the molecule is O=c1c2ccccc2ncn1Cc1noc(CNS(=O)(=O)c2ccccc2)n1. The third-order valence-electron chi connectivity index (χ3n) is 4.02. The molecule has 0 saturated carbocycles. The number of hydrogen-bond acceptors (Lipinski definition) is 7. The topological polar surface area (TPSA) is 120 Å². The van der Waals surface area contributed by atoms with E-state index in [4.69, 9.17) is 4.52 Å². The van der Waals surface area contributed by atoms with Gasteiger partial charge in [0, 0.05) is 0 Å². The molecule has 2 heterocycles. The standard InChI is InChI=1S/C18H15N5O4S/c24-18-14-8-4-5-9-15(14)19-12-23(18)11-16-21-17(27-22-16)10-20-28(25,26)13-6-2-1-3-7-13/h1-9,12,20H,10-11H2. The molecular formula is C18H15N5O4S. The summed E-state index contributed by atoms with van der Waals surface area (Å²) >= 11 is 0. The highest BCUT2D eigenvalue weighted by Gasteiger charge is 2.16. The van der Waals surface area contributed by atoms with Crippen LogP contribution in [0.5, 0.6) is 0 Å². The molecule has 9 nitrogen and oxygen atoms in total. The first kappa shape index (κ1) is 18.0. The third-order valence-corrected chi connectivity index (χ3v) is 5.44. The Hall–Kier alpha value is -3.37. The highest BCUT2D eigenvalue weighted by molar-refractivity contribution is 7.89. The summed E-state index contributed by atoms with van der Waals surface area (Å²) in [6, 6.07) is 15.0. The highest BCUT2D eigenvalue weighted by Crippen LogP contribution is 2.09. The van der Waals surface area contributed by atoms with Crippen molar-refractivity contribution < 1.29 is 12.9 Å². The lowest BCUT2D eigenvalue weighted by atomic mass is 10.2. The van der Waals surface area contributed by atoms with Gasteiger partial charge in [-0.05, 0) is 24.3 Å². The van der Waals surface area contributed by atoms with Gasteiger partial charge in [-0.15, -0.1) is 0 Å². The van der Waals surface area contributed by atoms with Crippen LogP contribution in [0.4, 0.5) is 0 Å². The van der Waals surface area contributed by atoms with Gasteiger partial charge in [0.15, 0.2) is 5.82 Å². The van der Waals surface area contributed by atoms with Crippen LogP contribution in [0.1, 0.15) is 11.7 Å². The van der Waals surface area contributed by atoms with E-state index in [1.165, 1.54) is 23.0 Å². The average molecular weight is 397 g/mol. The quantitative estimate of drug-likeness (QED) is 0.521. The minimum absolute atomic E-state index is 0.0611. The van der Waals surface area contributed by atoms with Crippen LogP contribution >= 0.6 is 0 Å². The van der Waals surface area contributed by atoms with E-state index in [9.17, 15) is 13.2 Å². The molecule has 4 aromatic rings. The van der Waals surface area contributed by atoms with E-state index < -0.39 is 10.0 Å². The first-order valence-electron chi connectivity index (χ1n) is 8.33. The van der Waals surface area contributed by atoms with Crippen LogP contribution in [0.15, 0.2) is 75.1 Å². The Morgan fingerprint density at radius 2 is 1.79 bits per heavy atom. The van der Waals surface area contributed by atoms with Crippen molar-refractivity contribution in [3.63, 3.8) is 0 Å². The molecule has 0 unspecified atom stereocenters. The molecular weight excluding hydrogens is 382 g/mol. The van der Waals surface area contributed by atoms with Crippen molar-refractivity contribution >= 4 is 20.9 Å². The molecule has 0 bridgehead atoms. The number of nitrogens with zero attached hydrogens (tertiary/aromatic N) is 4. The Balaban J connectivity index is 1.48. The van der Waals surface area contributed by atoms with Crippen LogP contribution in [0.2, 0.25) is 0 Å². The van der Waals surface area contributed by atoms with Crippen LogP contribution in [-0.2, 0) is 23.1 Å². The van der Waals surface area contributed by atoms with Crippen LogP contribution in [0.25, 0.3) is 10.9 Å². The summed E-state index contributed by atoms with van der Waals surface area (Å²) in [6.45, 7) is -0.0965. The van der Waals surface area contributed by atoms with Gasteiger partial charge in [-0.25, -0.2) is 18.1 Å². The van der Waals surface area contributed by atoms with E-state index in [0.717, 1.165) is 0 Å². The van der Waals surface area contributed by atoms with E-state index in [0.29, 0.717) is 10.9 Å². The molecule has 28 heavy (non-hydrogen) atoms. The molecule has 0 radical (unpaired) electrons. The van der Waals surface area contributed by atoms with Crippen molar-refractivity contribution in [1.29, 1.82) is 0 Å². The molecule has 0 aliphatic carbocycles. The van der Waals surface area contributed by atoms with Gasteiger partial charge in [0.05, 0.1) is 35.2 Å². The van der Waals surface area contributed by atoms with Crippen LogP contribution in [0, 0.1) is 0 Å². The Morgan fingerprint density at radius 3 is 2.61 bits per heavy atom. The van der Waals surface area contributed by atoms with Gasteiger partial charge in [-0.1, -0.05) is 35.5 Å². The molecule has 0 aliphatic rings. The zero-order valence-electron chi connectivity index (χ0n) is 14.5. The predicted molar refractivity (Wildman–Crippen MR) is 99.9 cm³/mol. The molecule has 0 fully saturated rings. The summed E-state index contributed by atoms with van der Waals surface area (Å²) in [7, 11) is -3.68. The van der Waals surface area contributed by atoms with E-state index in [1.807, 2.05) is 0 Å². The van der Waals surface area contributed by atoms with Gasteiger partial charge in [0.1, 0.15) is 0 Å². The smallest absolute Gasteiger partial charge is 0.261 e. The zero-order chi connectivity index (χ0) is 19.6. The second-order valence-electron chi connectivity index (χ2n) is 5.94. The Bertz CT molecular complexity index is 1280. The molecule has 142 valence electrons. The second-order valence-corrected chi connectivity index (χ2v) is 7.70. The third kappa shape index (κ3) is 3.68. The molecule has 0 spiro atoms. The maximum absolute atomic E-state index is 12.5. The fourth-order valence-electron chi connectivity index (χ4n) is 2.64. The van der Waals surface area contributed by atoms with Crippen molar-refractivity contribution in [1.82, 2.24) is 24.4 Å². The van der Waals surface area contributed by atoms with Gasteiger partial charge < -0.3 is 4.52 Å². The first-order valence-corrected chi connectivity index (χ1v) is 9.81. The monoisotopic (exact) mass is 397 g/mol. The van der Waals surface area contributed by atoms with Gasteiger partial charge in [-0.3, -0.25) is 9.36 Å². The van der Waals surface area contributed by atoms with Gasteiger partial charge in [0.2, 0.25) is 15.9 Å². The number of benzene rings is 2. The molecule has 2 aromatic heterocycles. The van der Waals surface area contributed by atoms with E-state index >= 15 is 0 Å².